The molecule has 3 rings (SSSR count). The van der Waals surface area contributed by atoms with Crippen molar-refractivity contribution in [1.82, 2.24) is 0 Å². The molecule has 0 nitrogen and oxygen atoms in total. The van der Waals surface area contributed by atoms with E-state index in [1.807, 2.05) is 0 Å². The molecule has 0 saturated heterocycles. The molecule has 0 bridgehead atoms. The van der Waals surface area contributed by atoms with Crippen LogP contribution in [0, 0.1) is 12.3 Å². The van der Waals surface area contributed by atoms with Gasteiger partial charge in [-0.2, -0.15) is 0 Å². The summed E-state index contributed by atoms with van der Waals surface area (Å²) in [5.41, 5.74) is 0.819. The summed E-state index contributed by atoms with van der Waals surface area (Å²) >= 11 is 0. The van der Waals surface area contributed by atoms with Gasteiger partial charge in [0, 0.05) is 0 Å². The molecule has 2 aromatic rings. The second-order valence-corrected chi connectivity index (χ2v) is 7.97. The van der Waals surface area contributed by atoms with Gasteiger partial charge in [0.1, 0.15) is 0 Å². The molecule has 0 amide bonds. The molecular weight excluding hydrogens is 259 g/mol. The van der Waals surface area contributed by atoms with E-state index in [4.69, 9.17) is 0 Å². The molecule has 2 aromatic carbocycles. The summed E-state index contributed by atoms with van der Waals surface area (Å²) in [6.07, 6.45) is 6.58. The topological polar surface area (TPSA) is 0 Å². The Morgan fingerprint density at radius 3 is 1.90 bits per heavy atom. The number of hydrogen-bond donors (Lipinski definition) is 0. The van der Waals surface area contributed by atoms with Crippen LogP contribution < -0.4 is 10.6 Å². The molecule has 1 heteroatoms. The third kappa shape index (κ3) is 2.81. The van der Waals surface area contributed by atoms with Gasteiger partial charge in [0.05, 0.1) is 0 Å². The van der Waals surface area contributed by atoms with E-state index in [0.717, 1.165) is 11.6 Å². The van der Waals surface area contributed by atoms with Gasteiger partial charge in [-0.3, -0.25) is 0 Å². The first-order valence-electron chi connectivity index (χ1n) is 7.59. The van der Waals surface area contributed by atoms with Crippen LogP contribution in [0.2, 0.25) is 0 Å². The van der Waals surface area contributed by atoms with Crippen LogP contribution in [0.1, 0.15) is 26.2 Å². The van der Waals surface area contributed by atoms with Crippen LogP contribution >= 0.6 is 7.92 Å². The Hall–Kier alpha value is -1.13. The van der Waals surface area contributed by atoms with Gasteiger partial charge in [-0.15, -0.1) is 0 Å². The zero-order chi connectivity index (χ0) is 13.8. The monoisotopic (exact) mass is 281 g/mol. The largest absolute Gasteiger partial charge is 0.0622 e. The highest BCUT2D eigenvalue weighted by Gasteiger charge is 2.34. The SMILES string of the molecule is C[CH][C@@H]1CCC[C@H]1P(c1ccccc1)c1ccccc1. The van der Waals surface area contributed by atoms with E-state index >= 15 is 0 Å². The van der Waals surface area contributed by atoms with Crippen molar-refractivity contribution in [3.05, 3.63) is 67.1 Å². The van der Waals surface area contributed by atoms with Gasteiger partial charge in [0.15, 0.2) is 0 Å². The third-order valence-electron chi connectivity index (χ3n) is 4.36. The van der Waals surface area contributed by atoms with E-state index < -0.39 is 0 Å². The molecule has 20 heavy (non-hydrogen) atoms. The average molecular weight is 281 g/mol. The minimum atomic E-state index is -0.228. The Bertz CT molecular complexity index is 480. The van der Waals surface area contributed by atoms with E-state index in [1.54, 1.807) is 0 Å². The first-order valence-corrected chi connectivity index (χ1v) is 9.00. The Morgan fingerprint density at radius 1 is 0.850 bits per heavy atom. The van der Waals surface area contributed by atoms with Gasteiger partial charge in [0.25, 0.3) is 0 Å². The summed E-state index contributed by atoms with van der Waals surface area (Å²) in [7, 11) is -0.228. The van der Waals surface area contributed by atoms with Crippen LogP contribution in [0.25, 0.3) is 0 Å². The van der Waals surface area contributed by atoms with Crippen molar-refractivity contribution >= 4 is 18.5 Å². The van der Waals surface area contributed by atoms with Crippen molar-refractivity contribution in [3.8, 4) is 0 Å². The van der Waals surface area contributed by atoms with Crippen molar-refractivity contribution in [2.75, 3.05) is 0 Å². The Labute approximate surface area is 124 Å². The smallest absolute Gasteiger partial charge is 0.00978 e. The second-order valence-electron chi connectivity index (χ2n) is 5.54. The summed E-state index contributed by atoms with van der Waals surface area (Å²) < 4.78 is 0. The molecule has 0 unspecified atom stereocenters. The maximum absolute atomic E-state index is 2.44. The van der Waals surface area contributed by atoms with Gasteiger partial charge in [-0.25, -0.2) is 0 Å². The molecule has 103 valence electrons. The molecule has 0 N–H and O–H groups in total. The summed E-state index contributed by atoms with van der Waals surface area (Å²) in [6, 6.07) is 22.3. The van der Waals surface area contributed by atoms with Crippen LogP contribution in [0.15, 0.2) is 60.7 Å². The molecule has 1 aliphatic carbocycles. The molecular formula is C19H22P. The van der Waals surface area contributed by atoms with Crippen molar-refractivity contribution in [2.45, 2.75) is 31.8 Å². The third-order valence-corrected chi connectivity index (χ3v) is 7.37. The Kier molecular flexibility index (Phi) is 4.53. The zero-order valence-corrected chi connectivity index (χ0v) is 13.0. The highest BCUT2D eigenvalue weighted by molar-refractivity contribution is 7.73. The lowest BCUT2D eigenvalue weighted by Gasteiger charge is -2.29. The predicted octanol–water partition coefficient (Wildman–Crippen LogP) is 4.51. The molecule has 2 atom stereocenters. The molecule has 0 heterocycles. The lowest BCUT2D eigenvalue weighted by atomic mass is 10.1. The highest BCUT2D eigenvalue weighted by atomic mass is 31.1. The maximum atomic E-state index is 2.44. The van der Waals surface area contributed by atoms with Crippen LogP contribution in [-0.2, 0) is 0 Å². The number of benzene rings is 2. The van der Waals surface area contributed by atoms with Gasteiger partial charge in [-0.1, -0.05) is 74.0 Å². The fraction of sp³-hybridized carbons (Fsp3) is 0.316. The van der Waals surface area contributed by atoms with Crippen molar-refractivity contribution in [1.29, 1.82) is 0 Å². The van der Waals surface area contributed by atoms with E-state index in [-0.39, 0.29) is 7.92 Å². The van der Waals surface area contributed by atoms with Gasteiger partial charge in [0.2, 0.25) is 0 Å². The average Bonchev–Trinajstić information content (AvgIpc) is 2.98. The number of rotatable bonds is 4. The first-order chi connectivity index (χ1) is 9.90. The summed E-state index contributed by atoms with van der Waals surface area (Å²) in [5.74, 6) is 0.793. The van der Waals surface area contributed by atoms with E-state index in [0.29, 0.717) is 0 Å². The molecule has 1 fully saturated rings. The van der Waals surface area contributed by atoms with Crippen molar-refractivity contribution in [3.63, 3.8) is 0 Å². The van der Waals surface area contributed by atoms with E-state index in [2.05, 4.69) is 74.0 Å². The van der Waals surface area contributed by atoms with Crippen molar-refractivity contribution < 1.29 is 0 Å². The van der Waals surface area contributed by atoms with Crippen LogP contribution in [-0.4, -0.2) is 5.66 Å². The lowest BCUT2D eigenvalue weighted by molar-refractivity contribution is 0.644. The van der Waals surface area contributed by atoms with Crippen LogP contribution in [0.4, 0.5) is 0 Å². The number of hydrogen-bond acceptors (Lipinski definition) is 0. The fourth-order valence-electron chi connectivity index (χ4n) is 3.39. The van der Waals surface area contributed by atoms with E-state index in [1.165, 1.54) is 29.9 Å². The van der Waals surface area contributed by atoms with Crippen LogP contribution in [0.5, 0.6) is 0 Å². The van der Waals surface area contributed by atoms with E-state index in [9.17, 15) is 0 Å². The molecule has 1 radical (unpaired) electrons. The van der Waals surface area contributed by atoms with Gasteiger partial charge >= 0.3 is 0 Å². The standard InChI is InChI=1S/C19H22P/c1-2-16-10-9-15-19(16)20(17-11-5-3-6-12-17)18-13-7-4-8-14-18/h2-8,11-14,16,19H,9-10,15H2,1H3/t16-,19-/m1/s1. The molecule has 0 aliphatic heterocycles. The van der Waals surface area contributed by atoms with Crippen LogP contribution in [0.3, 0.4) is 0 Å². The maximum Gasteiger partial charge on any atom is -0.00978 e. The Balaban J connectivity index is 2.00. The molecule has 1 saturated carbocycles. The quantitative estimate of drug-likeness (QED) is 0.723. The zero-order valence-electron chi connectivity index (χ0n) is 12.1. The summed E-state index contributed by atoms with van der Waals surface area (Å²) in [6.45, 7) is 2.24. The van der Waals surface area contributed by atoms with Crippen molar-refractivity contribution in [2.24, 2.45) is 5.92 Å². The molecule has 1 aliphatic rings. The van der Waals surface area contributed by atoms with Gasteiger partial charge in [-0.05, 0) is 49.4 Å². The minimum absolute atomic E-state index is 0.228. The normalized spacial score (nSPS) is 22.3. The lowest BCUT2D eigenvalue weighted by Crippen LogP contribution is -2.24. The van der Waals surface area contributed by atoms with Gasteiger partial charge < -0.3 is 0 Å². The predicted molar refractivity (Wildman–Crippen MR) is 90.2 cm³/mol. The second kappa shape index (κ2) is 6.55. The summed E-state index contributed by atoms with van der Waals surface area (Å²) in [4.78, 5) is 0. The fourth-order valence-corrected chi connectivity index (χ4v) is 6.58. The molecule has 0 aromatic heterocycles. The highest BCUT2D eigenvalue weighted by Crippen LogP contribution is 2.50. The minimum Gasteiger partial charge on any atom is -0.0622 e. The Morgan fingerprint density at radius 2 is 1.40 bits per heavy atom. The first kappa shape index (κ1) is 13.8. The molecule has 0 spiro atoms. The summed E-state index contributed by atoms with van der Waals surface area (Å²) in [5, 5.41) is 3.07.